The van der Waals surface area contributed by atoms with E-state index in [1.165, 1.54) is 0 Å². The number of Topliss-reactive ketones (excluding diaryl/α,β-unsaturated/α-hetero) is 1. The normalized spacial score (nSPS) is 12.0. The van der Waals surface area contributed by atoms with E-state index in [1.54, 1.807) is 6.92 Å². The molecule has 4 nitrogen and oxygen atoms in total. The maximum absolute atomic E-state index is 11.4. The van der Waals surface area contributed by atoms with Crippen LogP contribution in [-0.4, -0.2) is 38.3 Å². The maximum atomic E-state index is 11.4. The summed E-state index contributed by atoms with van der Waals surface area (Å²) in [7, 11) is -3.00. The molecule has 0 aromatic rings. The Morgan fingerprint density at radius 1 is 1.25 bits per heavy atom. The van der Waals surface area contributed by atoms with Gasteiger partial charge in [-0.1, -0.05) is 20.8 Å². The molecular weight excluding hydrogens is 226 g/mol. The zero-order chi connectivity index (χ0) is 12.6. The van der Waals surface area contributed by atoms with Crippen molar-refractivity contribution in [3.05, 3.63) is 0 Å². The quantitative estimate of drug-likeness (QED) is 0.623. The molecule has 0 unspecified atom stereocenters. The van der Waals surface area contributed by atoms with Gasteiger partial charge in [0, 0.05) is 24.6 Å². The number of sulfone groups is 1. The van der Waals surface area contributed by atoms with Crippen molar-refractivity contribution in [3.63, 3.8) is 0 Å². The summed E-state index contributed by atoms with van der Waals surface area (Å²) in [5.41, 5.74) is 0. The summed E-state index contributed by atoms with van der Waals surface area (Å²) < 4.78 is 22.3. The summed E-state index contributed by atoms with van der Waals surface area (Å²) in [6.07, 6.45) is 1.42. The van der Waals surface area contributed by atoms with Gasteiger partial charge in [0.25, 0.3) is 0 Å². The highest BCUT2D eigenvalue weighted by Crippen LogP contribution is 1.99. The lowest BCUT2D eigenvalue weighted by Crippen LogP contribution is -2.24. The van der Waals surface area contributed by atoms with Gasteiger partial charge in [0.1, 0.15) is 15.6 Å². The molecule has 0 aliphatic carbocycles. The average molecular weight is 249 g/mol. The number of carbonyl (C=O) groups excluding carboxylic acids is 1. The molecule has 96 valence electrons. The molecule has 0 saturated carbocycles. The van der Waals surface area contributed by atoms with Gasteiger partial charge in [0.05, 0.1) is 5.75 Å². The SMILES string of the molecule is CCS(=O)(=O)CCC(=O)CCCNC(C)C. The smallest absolute Gasteiger partial charge is 0.150 e. The summed E-state index contributed by atoms with van der Waals surface area (Å²) in [4.78, 5) is 11.4. The molecule has 0 amide bonds. The Morgan fingerprint density at radius 2 is 1.88 bits per heavy atom. The maximum Gasteiger partial charge on any atom is 0.150 e. The van der Waals surface area contributed by atoms with Crippen molar-refractivity contribution in [2.24, 2.45) is 0 Å². The van der Waals surface area contributed by atoms with Crippen molar-refractivity contribution in [2.75, 3.05) is 18.1 Å². The molecule has 1 N–H and O–H groups in total. The highest BCUT2D eigenvalue weighted by Gasteiger charge is 2.10. The molecule has 0 fully saturated rings. The van der Waals surface area contributed by atoms with Gasteiger partial charge in [-0.15, -0.1) is 0 Å². The molecule has 0 heterocycles. The highest BCUT2D eigenvalue weighted by atomic mass is 32.2. The molecular formula is C11H23NO3S. The van der Waals surface area contributed by atoms with Crippen LogP contribution in [0.5, 0.6) is 0 Å². The molecule has 5 heteroatoms. The number of hydrogen-bond donors (Lipinski definition) is 1. The monoisotopic (exact) mass is 249 g/mol. The zero-order valence-corrected chi connectivity index (χ0v) is 11.3. The first-order valence-corrected chi connectivity index (χ1v) is 7.65. The van der Waals surface area contributed by atoms with Crippen molar-refractivity contribution in [3.8, 4) is 0 Å². The van der Waals surface area contributed by atoms with Crippen LogP contribution < -0.4 is 5.32 Å². The second kappa shape index (κ2) is 7.79. The van der Waals surface area contributed by atoms with Crippen molar-refractivity contribution in [2.45, 2.75) is 46.1 Å². The van der Waals surface area contributed by atoms with Gasteiger partial charge in [0.2, 0.25) is 0 Å². The molecule has 0 atom stereocenters. The zero-order valence-electron chi connectivity index (χ0n) is 10.5. The lowest BCUT2D eigenvalue weighted by Gasteiger charge is -2.07. The molecule has 16 heavy (non-hydrogen) atoms. The van der Waals surface area contributed by atoms with E-state index in [-0.39, 0.29) is 23.7 Å². The van der Waals surface area contributed by atoms with Crippen LogP contribution in [-0.2, 0) is 14.6 Å². The summed E-state index contributed by atoms with van der Waals surface area (Å²) >= 11 is 0. The number of carbonyl (C=O) groups is 1. The lowest BCUT2D eigenvalue weighted by atomic mass is 10.2. The van der Waals surface area contributed by atoms with Gasteiger partial charge in [-0.25, -0.2) is 8.42 Å². The molecule has 0 bridgehead atoms. The van der Waals surface area contributed by atoms with Crippen LogP contribution in [0.25, 0.3) is 0 Å². The highest BCUT2D eigenvalue weighted by molar-refractivity contribution is 7.91. The summed E-state index contributed by atoms with van der Waals surface area (Å²) in [6.45, 7) is 6.52. The molecule has 0 saturated heterocycles. The van der Waals surface area contributed by atoms with Crippen molar-refractivity contribution < 1.29 is 13.2 Å². The Hall–Kier alpha value is -0.420. The fraction of sp³-hybridized carbons (Fsp3) is 0.909. The van der Waals surface area contributed by atoms with E-state index in [0.717, 1.165) is 13.0 Å². The predicted molar refractivity (Wildman–Crippen MR) is 66.3 cm³/mol. The third kappa shape index (κ3) is 8.85. The molecule has 0 spiro atoms. The van der Waals surface area contributed by atoms with Gasteiger partial charge in [-0.05, 0) is 13.0 Å². The molecule has 0 aliphatic rings. The largest absolute Gasteiger partial charge is 0.315 e. The first-order chi connectivity index (χ1) is 7.37. The van der Waals surface area contributed by atoms with Crippen molar-refractivity contribution >= 4 is 15.6 Å². The summed E-state index contributed by atoms with van der Waals surface area (Å²) in [5.74, 6) is 0.164. The van der Waals surface area contributed by atoms with Gasteiger partial charge >= 0.3 is 0 Å². The van der Waals surface area contributed by atoms with Crippen LogP contribution in [0.2, 0.25) is 0 Å². The summed E-state index contributed by atoms with van der Waals surface area (Å²) in [6, 6.07) is 0.426. The van der Waals surface area contributed by atoms with E-state index >= 15 is 0 Å². The fourth-order valence-corrected chi connectivity index (χ4v) is 2.04. The Balaban J connectivity index is 3.60. The third-order valence-corrected chi connectivity index (χ3v) is 4.02. The molecule has 0 radical (unpaired) electrons. The van der Waals surface area contributed by atoms with Gasteiger partial charge in [0.15, 0.2) is 0 Å². The summed E-state index contributed by atoms with van der Waals surface area (Å²) in [5, 5.41) is 3.21. The minimum atomic E-state index is -3.00. The Bertz CT molecular complexity index is 296. The van der Waals surface area contributed by atoms with Crippen LogP contribution in [0, 0.1) is 0 Å². The van der Waals surface area contributed by atoms with Crippen molar-refractivity contribution in [1.29, 1.82) is 0 Å². The van der Waals surface area contributed by atoms with E-state index in [4.69, 9.17) is 0 Å². The first-order valence-electron chi connectivity index (χ1n) is 5.83. The minimum absolute atomic E-state index is 0.0000571. The second-order valence-electron chi connectivity index (χ2n) is 4.24. The number of ketones is 1. The second-order valence-corrected chi connectivity index (χ2v) is 6.71. The van der Waals surface area contributed by atoms with Gasteiger partial charge in [-0.3, -0.25) is 4.79 Å². The Labute approximate surface area is 98.7 Å². The molecule has 0 aromatic heterocycles. The number of nitrogens with one attached hydrogen (secondary N) is 1. The molecule has 0 aliphatic heterocycles. The molecule has 0 rings (SSSR count). The lowest BCUT2D eigenvalue weighted by molar-refractivity contribution is -0.118. The van der Waals surface area contributed by atoms with Crippen LogP contribution in [0.3, 0.4) is 0 Å². The number of rotatable bonds is 9. The Kier molecular flexibility index (Phi) is 7.58. The van der Waals surface area contributed by atoms with Gasteiger partial charge in [-0.2, -0.15) is 0 Å². The van der Waals surface area contributed by atoms with E-state index in [0.29, 0.717) is 12.5 Å². The predicted octanol–water partition coefficient (Wildman–Crippen LogP) is 1.16. The van der Waals surface area contributed by atoms with Crippen LogP contribution in [0.4, 0.5) is 0 Å². The van der Waals surface area contributed by atoms with E-state index in [2.05, 4.69) is 19.2 Å². The van der Waals surface area contributed by atoms with E-state index in [1.807, 2.05) is 0 Å². The van der Waals surface area contributed by atoms with E-state index in [9.17, 15) is 13.2 Å². The van der Waals surface area contributed by atoms with E-state index < -0.39 is 9.84 Å². The Morgan fingerprint density at radius 3 is 2.38 bits per heavy atom. The molecule has 0 aromatic carbocycles. The number of hydrogen-bond acceptors (Lipinski definition) is 4. The van der Waals surface area contributed by atoms with Crippen molar-refractivity contribution in [1.82, 2.24) is 5.32 Å². The standard InChI is InChI=1S/C11H23NO3S/c1-4-16(14,15)9-7-11(13)6-5-8-12-10(2)3/h10,12H,4-9H2,1-3H3. The van der Waals surface area contributed by atoms with Gasteiger partial charge < -0.3 is 5.32 Å². The average Bonchev–Trinajstić information content (AvgIpc) is 2.21. The van der Waals surface area contributed by atoms with Crippen LogP contribution in [0.15, 0.2) is 0 Å². The first kappa shape index (κ1) is 15.6. The van der Waals surface area contributed by atoms with Crippen LogP contribution in [0.1, 0.15) is 40.0 Å². The fourth-order valence-electron chi connectivity index (χ4n) is 1.21. The van der Waals surface area contributed by atoms with Crippen LogP contribution >= 0.6 is 0 Å². The topological polar surface area (TPSA) is 63.2 Å². The third-order valence-electron chi connectivity index (χ3n) is 2.32. The minimum Gasteiger partial charge on any atom is -0.315 e.